The number of carbonyl (C=O) groups is 2. The van der Waals surface area contributed by atoms with E-state index in [0.717, 1.165) is 12.0 Å². The zero-order valence-corrected chi connectivity index (χ0v) is 23.2. The van der Waals surface area contributed by atoms with E-state index < -0.39 is 5.25 Å². The van der Waals surface area contributed by atoms with Crippen molar-refractivity contribution in [2.75, 3.05) is 17.2 Å². The Bertz CT molecular complexity index is 1510. The minimum absolute atomic E-state index is 0.0482. The van der Waals surface area contributed by atoms with E-state index in [2.05, 4.69) is 5.32 Å². The highest BCUT2D eigenvalue weighted by atomic mass is 35.5. The summed E-state index contributed by atoms with van der Waals surface area (Å²) in [6, 6.07) is 23.3. The lowest BCUT2D eigenvalue weighted by atomic mass is 9.99. The molecule has 0 aliphatic carbocycles. The summed E-state index contributed by atoms with van der Waals surface area (Å²) in [4.78, 5) is 28.3. The topological polar surface area (TPSA) is 67.2 Å². The lowest BCUT2D eigenvalue weighted by Gasteiger charge is -2.24. The van der Waals surface area contributed by atoms with Gasteiger partial charge in [0, 0.05) is 22.7 Å². The first-order valence-electron chi connectivity index (χ1n) is 12.8. The number of para-hydroxylation sites is 1. The van der Waals surface area contributed by atoms with E-state index in [0.29, 0.717) is 33.3 Å². The van der Waals surface area contributed by atoms with Crippen molar-refractivity contribution in [1.29, 1.82) is 0 Å². The Morgan fingerprint density at radius 2 is 1.79 bits per heavy atom. The molecule has 4 aromatic rings. The molecule has 1 aliphatic rings. The Morgan fingerprint density at radius 1 is 1.10 bits per heavy atom. The fourth-order valence-electron chi connectivity index (χ4n) is 4.62. The van der Waals surface area contributed by atoms with Crippen LogP contribution in [-0.4, -0.2) is 39.9 Å². The number of nitrogens with zero attached hydrogens (tertiary/aromatic N) is 3. The van der Waals surface area contributed by atoms with Crippen LogP contribution in [0.3, 0.4) is 0 Å². The van der Waals surface area contributed by atoms with E-state index in [4.69, 9.17) is 16.7 Å². The van der Waals surface area contributed by atoms with E-state index in [1.165, 1.54) is 22.7 Å². The van der Waals surface area contributed by atoms with Crippen molar-refractivity contribution in [2.24, 2.45) is 0 Å². The van der Waals surface area contributed by atoms with E-state index in [1.807, 2.05) is 62.4 Å². The van der Waals surface area contributed by atoms with Crippen molar-refractivity contribution in [2.45, 2.75) is 31.6 Å². The van der Waals surface area contributed by atoms with Crippen LogP contribution in [0.25, 0.3) is 16.9 Å². The molecule has 0 saturated carbocycles. The van der Waals surface area contributed by atoms with Crippen molar-refractivity contribution in [1.82, 2.24) is 15.1 Å². The molecule has 2 heterocycles. The number of amides is 2. The standard InChI is InChI=1S/C30H28ClFN4O2S/c1-3-19(2)33-25(37)17-35-26(38)18-39-29(21-13-7-9-15-23(21)32)27-28(20-11-5-4-6-12-20)34-36(30(27)35)24-16-10-8-14-22(24)31/h4-16,19,29H,3,17-18H2,1-2H3,(H,33,37)/t19-,29-/m0/s1. The number of rotatable bonds is 7. The van der Waals surface area contributed by atoms with Crippen LogP contribution in [-0.2, 0) is 9.59 Å². The molecule has 0 radical (unpaired) electrons. The van der Waals surface area contributed by atoms with Gasteiger partial charge in [-0.2, -0.15) is 5.10 Å². The summed E-state index contributed by atoms with van der Waals surface area (Å²) in [6.07, 6.45) is 0.756. The van der Waals surface area contributed by atoms with Gasteiger partial charge in [-0.05, 0) is 31.5 Å². The van der Waals surface area contributed by atoms with Crippen LogP contribution in [0.5, 0.6) is 0 Å². The SMILES string of the molecule is CC[C@H](C)NC(=O)CN1C(=O)CS[C@@H](c2ccccc2F)c2c(-c3ccccc3)nn(-c3ccccc3Cl)c21. The maximum atomic E-state index is 15.3. The molecule has 1 N–H and O–H groups in total. The predicted octanol–water partition coefficient (Wildman–Crippen LogP) is 6.42. The molecule has 39 heavy (non-hydrogen) atoms. The van der Waals surface area contributed by atoms with Crippen LogP contribution in [0.1, 0.15) is 36.6 Å². The maximum Gasteiger partial charge on any atom is 0.240 e. The molecule has 0 bridgehead atoms. The average Bonchev–Trinajstić information content (AvgIpc) is 3.26. The van der Waals surface area contributed by atoms with Crippen LogP contribution in [0.15, 0.2) is 78.9 Å². The number of aromatic nitrogens is 2. The number of hydrogen-bond acceptors (Lipinski definition) is 4. The largest absolute Gasteiger partial charge is 0.352 e. The van der Waals surface area contributed by atoms with Crippen molar-refractivity contribution < 1.29 is 14.0 Å². The van der Waals surface area contributed by atoms with Crippen molar-refractivity contribution >= 4 is 41.0 Å². The Kier molecular flexibility index (Phi) is 8.04. The van der Waals surface area contributed by atoms with Gasteiger partial charge in [-0.15, -0.1) is 11.8 Å². The van der Waals surface area contributed by atoms with Gasteiger partial charge in [0.25, 0.3) is 0 Å². The molecular weight excluding hydrogens is 535 g/mol. The van der Waals surface area contributed by atoms with Gasteiger partial charge >= 0.3 is 0 Å². The Morgan fingerprint density at radius 3 is 2.51 bits per heavy atom. The third-order valence-corrected chi connectivity index (χ3v) is 8.28. The summed E-state index contributed by atoms with van der Waals surface area (Å²) >= 11 is 7.97. The Balaban J connectivity index is 1.80. The van der Waals surface area contributed by atoms with Gasteiger partial charge in [-0.25, -0.2) is 9.07 Å². The number of benzene rings is 3. The van der Waals surface area contributed by atoms with Crippen LogP contribution < -0.4 is 10.2 Å². The lowest BCUT2D eigenvalue weighted by Crippen LogP contribution is -2.44. The van der Waals surface area contributed by atoms with Crippen molar-refractivity contribution in [3.05, 3.63) is 101 Å². The van der Waals surface area contributed by atoms with E-state index in [9.17, 15) is 9.59 Å². The van der Waals surface area contributed by atoms with Gasteiger partial charge in [-0.1, -0.05) is 79.2 Å². The second kappa shape index (κ2) is 11.6. The molecule has 3 aromatic carbocycles. The molecule has 0 fully saturated rings. The predicted molar refractivity (Wildman–Crippen MR) is 155 cm³/mol. The van der Waals surface area contributed by atoms with Gasteiger partial charge in [0.15, 0.2) is 0 Å². The first-order valence-corrected chi connectivity index (χ1v) is 14.2. The molecule has 200 valence electrons. The summed E-state index contributed by atoms with van der Waals surface area (Å²) in [6.45, 7) is 3.69. The molecule has 6 nitrogen and oxygen atoms in total. The van der Waals surface area contributed by atoms with E-state index in [1.54, 1.807) is 28.9 Å². The first-order chi connectivity index (χ1) is 18.9. The number of nitrogens with one attached hydrogen (secondary N) is 1. The van der Waals surface area contributed by atoms with E-state index in [-0.39, 0.29) is 36.0 Å². The fourth-order valence-corrected chi connectivity index (χ4v) is 6.05. The average molecular weight is 563 g/mol. The van der Waals surface area contributed by atoms with E-state index >= 15 is 4.39 Å². The van der Waals surface area contributed by atoms with Gasteiger partial charge in [0.2, 0.25) is 11.8 Å². The van der Waals surface area contributed by atoms with Crippen molar-refractivity contribution in [3.8, 4) is 16.9 Å². The van der Waals surface area contributed by atoms with Gasteiger partial charge in [0.1, 0.15) is 18.2 Å². The third kappa shape index (κ3) is 5.44. The minimum Gasteiger partial charge on any atom is -0.352 e. The summed E-state index contributed by atoms with van der Waals surface area (Å²) in [7, 11) is 0. The number of fused-ring (bicyclic) bond motifs is 1. The number of thioether (sulfide) groups is 1. The van der Waals surface area contributed by atoms with Crippen LogP contribution >= 0.6 is 23.4 Å². The minimum atomic E-state index is -0.556. The zero-order chi connectivity index (χ0) is 27.5. The van der Waals surface area contributed by atoms with Gasteiger partial charge < -0.3 is 5.32 Å². The highest BCUT2D eigenvalue weighted by molar-refractivity contribution is 8.00. The van der Waals surface area contributed by atoms with Gasteiger partial charge in [0.05, 0.1) is 27.4 Å². The molecule has 0 unspecified atom stereocenters. The summed E-state index contributed by atoms with van der Waals surface area (Å²) < 4.78 is 16.9. The molecule has 1 aliphatic heterocycles. The highest BCUT2D eigenvalue weighted by Crippen LogP contribution is 2.49. The molecule has 9 heteroatoms. The first kappa shape index (κ1) is 27.0. The second-order valence-corrected chi connectivity index (χ2v) is 10.9. The second-order valence-electron chi connectivity index (χ2n) is 9.38. The normalized spacial score (nSPS) is 15.9. The molecule has 2 amide bonds. The van der Waals surface area contributed by atoms with Crippen LogP contribution in [0.2, 0.25) is 5.02 Å². The number of hydrogen-bond donors (Lipinski definition) is 1. The van der Waals surface area contributed by atoms with Crippen molar-refractivity contribution in [3.63, 3.8) is 0 Å². The van der Waals surface area contributed by atoms with Crippen LogP contribution in [0, 0.1) is 5.82 Å². The molecule has 5 rings (SSSR count). The maximum absolute atomic E-state index is 15.3. The fraction of sp³-hybridized carbons (Fsp3) is 0.233. The number of anilines is 1. The quantitative estimate of drug-likeness (QED) is 0.282. The van der Waals surface area contributed by atoms with Gasteiger partial charge in [-0.3, -0.25) is 14.5 Å². The smallest absolute Gasteiger partial charge is 0.240 e. The lowest BCUT2D eigenvalue weighted by molar-refractivity contribution is -0.123. The highest BCUT2D eigenvalue weighted by Gasteiger charge is 2.38. The molecule has 2 atom stereocenters. The zero-order valence-electron chi connectivity index (χ0n) is 21.6. The Labute approximate surface area is 236 Å². The molecular formula is C30H28ClFN4O2S. The monoisotopic (exact) mass is 562 g/mol. The summed E-state index contributed by atoms with van der Waals surface area (Å²) in [5, 5.41) is 7.81. The third-order valence-electron chi connectivity index (χ3n) is 6.73. The number of halogens is 2. The molecule has 0 spiro atoms. The molecule has 0 saturated heterocycles. The summed E-state index contributed by atoms with van der Waals surface area (Å²) in [5.74, 6) is -0.468. The number of carbonyl (C=O) groups excluding carboxylic acids is 2. The van der Waals surface area contributed by atoms with Crippen LogP contribution in [0.4, 0.5) is 10.2 Å². The Hall–Kier alpha value is -3.62. The summed E-state index contributed by atoms with van der Waals surface area (Å²) in [5.41, 5.74) is 3.04. The molecule has 1 aromatic heterocycles.